The molecule has 0 aliphatic rings. The predicted octanol–water partition coefficient (Wildman–Crippen LogP) is 1.54. The third-order valence-electron chi connectivity index (χ3n) is 3.02. The van der Waals surface area contributed by atoms with E-state index in [0.29, 0.717) is 5.56 Å². The van der Waals surface area contributed by atoms with Crippen LogP contribution >= 0.6 is 0 Å². The molecule has 19 heavy (non-hydrogen) atoms. The van der Waals surface area contributed by atoms with Crippen LogP contribution in [-0.4, -0.2) is 61.5 Å². The van der Waals surface area contributed by atoms with Crippen molar-refractivity contribution in [1.82, 2.24) is 14.8 Å². The highest BCUT2D eigenvalue weighted by Gasteiger charge is 2.16. The lowest BCUT2D eigenvalue weighted by molar-refractivity contribution is 0.0760. The lowest BCUT2D eigenvalue weighted by atomic mass is 10.2. The summed E-state index contributed by atoms with van der Waals surface area (Å²) < 4.78 is 0. The number of anilines is 1. The maximum absolute atomic E-state index is 12.5. The Morgan fingerprint density at radius 2 is 2.11 bits per heavy atom. The molecule has 0 atom stereocenters. The topological polar surface area (TPSA) is 48.5 Å². The summed E-state index contributed by atoms with van der Waals surface area (Å²) in [6, 6.07) is 1.77. The lowest BCUT2D eigenvalue weighted by Gasteiger charge is -2.23. The summed E-state index contributed by atoms with van der Waals surface area (Å²) >= 11 is 0. The van der Waals surface area contributed by atoms with Gasteiger partial charge in [0, 0.05) is 26.3 Å². The van der Waals surface area contributed by atoms with Crippen LogP contribution in [0.3, 0.4) is 0 Å². The van der Waals surface area contributed by atoms with Crippen molar-refractivity contribution in [2.75, 3.05) is 46.1 Å². The molecule has 1 aromatic heterocycles. The largest absolute Gasteiger partial charge is 0.386 e. The molecule has 1 aromatic rings. The van der Waals surface area contributed by atoms with Crippen LogP contribution in [0.25, 0.3) is 0 Å². The number of pyridine rings is 1. The van der Waals surface area contributed by atoms with Crippen molar-refractivity contribution in [1.29, 1.82) is 0 Å². The minimum Gasteiger partial charge on any atom is -0.386 e. The Balaban J connectivity index is 2.72. The Morgan fingerprint density at radius 3 is 2.68 bits per heavy atom. The Morgan fingerprint density at radius 1 is 1.37 bits per heavy atom. The van der Waals surface area contributed by atoms with E-state index >= 15 is 0 Å². The fourth-order valence-corrected chi connectivity index (χ4v) is 1.93. The molecule has 0 aliphatic carbocycles. The molecule has 0 radical (unpaired) electrons. The highest BCUT2D eigenvalue weighted by atomic mass is 16.2. The van der Waals surface area contributed by atoms with Gasteiger partial charge in [0.1, 0.15) is 0 Å². The second-order valence-corrected chi connectivity index (χ2v) is 4.71. The van der Waals surface area contributed by atoms with Gasteiger partial charge in [-0.2, -0.15) is 0 Å². The van der Waals surface area contributed by atoms with E-state index in [2.05, 4.69) is 15.2 Å². The Hall–Kier alpha value is -1.62. The van der Waals surface area contributed by atoms with Crippen LogP contribution in [0.1, 0.15) is 23.7 Å². The summed E-state index contributed by atoms with van der Waals surface area (Å²) in [5.41, 5.74) is 1.46. The van der Waals surface area contributed by atoms with E-state index in [-0.39, 0.29) is 5.91 Å². The second kappa shape index (κ2) is 7.74. The summed E-state index contributed by atoms with van der Waals surface area (Å²) in [5, 5.41) is 3.01. The van der Waals surface area contributed by atoms with Crippen molar-refractivity contribution in [3.63, 3.8) is 0 Å². The number of hydrogen-bond acceptors (Lipinski definition) is 4. The van der Waals surface area contributed by atoms with Gasteiger partial charge in [-0.05, 0) is 40.1 Å². The molecule has 0 aliphatic heterocycles. The number of carbonyl (C=O) groups excluding carboxylic acids is 1. The average molecular weight is 264 g/mol. The highest BCUT2D eigenvalue weighted by Crippen LogP contribution is 2.15. The molecule has 106 valence electrons. The van der Waals surface area contributed by atoms with Gasteiger partial charge in [0.25, 0.3) is 5.91 Å². The molecule has 1 rings (SSSR count). The van der Waals surface area contributed by atoms with Crippen molar-refractivity contribution < 1.29 is 4.79 Å². The summed E-state index contributed by atoms with van der Waals surface area (Å²) in [6.45, 7) is 4.49. The minimum atomic E-state index is 0.0630. The number of hydrogen-bond donors (Lipinski definition) is 1. The van der Waals surface area contributed by atoms with E-state index in [0.717, 1.165) is 31.7 Å². The first-order chi connectivity index (χ1) is 9.10. The van der Waals surface area contributed by atoms with Crippen molar-refractivity contribution in [3.8, 4) is 0 Å². The smallest absolute Gasteiger partial charge is 0.256 e. The van der Waals surface area contributed by atoms with Gasteiger partial charge in [0.05, 0.1) is 17.4 Å². The molecular weight excluding hydrogens is 240 g/mol. The summed E-state index contributed by atoms with van der Waals surface area (Å²) in [7, 11) is 5.89. The molecule has 0 saturated carbocycles. The SMILES string of the molecule is CCN(CCCN(C)C)C(=O)c1ccncc1NC. The Bertz CT molecular complexity index is 406. The van der Waals surface area contributed by atoms with Crippen LogP contribution in [0.4, 0.5) is 5.69 Å². The van der Waals surface area contributed by atoms with E-state index in [1.807, 2.05) is 25.9 Å². The number of nitrogens with zero attached hydrogens (tertiary/aromatic N) is 3. The zero-order chi connectivity index (χ0) is 14.3. The van der Waals surface area contributed by atoms with Gasteiger partial charge in [-0.3, -0.25) is 9.78 Å². The molecule has 0 aromatic carbocycles. The first kappa shape index (κ1) is 15.4. The van der Waals surface area contributed by atoms with E-state index in [1.54, 1.807) is 25.5 Å². The highest BCUT2D eigenvalue weighted by molar-refractivity contribution is 5.99. The van der Waals surface area contributed by atoms with E-state index in [4.69, 9.17) is 0 Å². The van der Waals surface area contributed by atoms with Crippen molar-refractivity contribution >= 4 is 11.6 Å². The van der Waals surface area contributed by atoms with Gasteiger partial charge in [-0.25, -0.2) is 0 Å². The third kappa shape index (κ3) is 4.52. The zero-order valence-electron chi connectivity index (χ0n) is 12.3. The predicted molar refractivity (Wildman–Crippen MR) is 78.5 cm³/mol. The van der Waals surface area contributed by atoms with E-state index in [9.17, 15) is 4.79 Å². The molecule has 0 saturated heterocycles. The fraction of sp³-hybridized carbons (Fsp3) is 0.571. The quantitative estimate of drug-likeness (QED) is 0.811. The van der Waals surface area contributed by atoms with Crippen LogP contribution in [0, 0.1) is 0 Å². The van der Waals surface area contributed by atoms with Crippen molar-refractivity contribution in [2.45, 2.75) is 13.3 Å². The average Bonchev–Trinajstić information content (AvgIpc) is 2.42. The van der Waals surface area contributed by atoms with Crippen LogP contribution in [0.2, 0.25) is 0 Å². The van der Waals surface area contributed by atoms with Gasteiger partial charge in [-0.15, -0.1) is 0 Å². The van der Waals surface area contributed by atoms with E-state index < -0.39 is 0 Å². The molecule has 0 spiro atoms. The van der Waals surface area contributed by atoms with Gasteiger partial charge in [0.2, 0.25) is 0 Å². The maximum atomic E-state index is 12.5. The molecule has 0 unspecified atom stereocenters. The van der Waals surface area contributed by atoms with E-state index in [1.165, 1.54) is 0 Å². The van der Waals surface area contributed by atoms with Crippen molar-refractivity contribution in [3.05, 3.63) is 24.0 Å². The first-order valence-corrected chi connectivity index (χ1v) is 6.66. The Kier molecular flexibility index (Phi) is 6.29. The molecule has 0 fully saturated rings. The zero-order valence-corrected chi connectivity index (χ0v) is 12.3. The summed E-state index contributed by atoms with van der Waals surface area (Å²) in [5.74, 6) is 0.0630. The number of rotatable bonds is 7. The van der Waals surface area contributed by atoms with Crippen LogP contribution in [0.5, 0.6) is 0 Å². The fourth-order valence-electron chi connectivity index (χ4n) is 1.93. The molecule has 0 bridgehead atoms. The molecular formula is C14H24N4O. The summed E-state index contributed by atoms with van der Waals surface area (Å²) in [6.07, 6.45) is 4.31. The standard InChI is InChI=1S/C14H24N4O/c1-5-18(10-6-9-17(3)4)14(19)12-7-8-16-11-13(12)15-2/h7-8,11,15H,5-6,9-10H2,1-4H3. The normalized spacial score (nSPS) is 10.6. The number of carbonyl (C=O) groups is 1. The summed E-state index contributed by atoms with van der Waals surface area (Å²) in [4.78, 5) is 20.5. The van der Waals surface area contributed by atoms with Gasteiger partial charge >= 0.3 is 0 Å². The van der Waals surface area contributed by atoms with Crippen LogP contribution in [-0.2, 0) is 0 Å². The van der Waals surface area contributed by atoms with Crippen LogP contribution < -0.4 is 5.32 Å². The van der Waals surface area contributed by atoms with Gasteiger partial charge < -0.3 is 15.1 Å². The Labute approximate surface area is 115 Å². The minimum absolute atomic E-state index is 0.0630. The molecule has 1 heterocycles. The molecule has 1 amide bonds. The molecule has 5 heteroatoms. The number of aromatic nitrogens is 1. The van der Waals surface area contributed by atoms with Gasteiger partial charge in [-0.1, -0.05) is 0 Å². The first-order valence-electron chi connectivity index (χ1n) is 6.66. The van der Waals surface area contributed by atoms with Crippen molar-refractivity contribution in [2.24, 2.45) is 0 Å². The third-order valence-corrected chi connectivity index (χ3v) is 3.02. The lowest BCUT2D eigenvalue weighted by Crippen LogP contribution is -2.33. The van der Waals surface area contributed by atoms with Gasteiger partial charge in [0.15, 0.2) is 0 Å². The second-order valence-electron chi connectivity index (χ2n) is 4.71. The maximum Gasteiger partial charge on any atom is 0.256 e. The number of amides is 1. The molecule has 1 N–H and O–H groups in total. The van der Waals surface area contributed by atoms with Crippen LogP contribution in [0.15, 0.2) is 18.5 Å². The monoisotopic (exact) mass is 264 g/mol. The number of nitrogens with one attached hydrogen (secondary N) is 1. The molecule has 5 nitrogen and oxygen atoms in total.